The summed E-state index contributed by atoms with van der Waals surface area (Å²) in [6.45, 7) is 6.79. The van der Waals surface area contributed by atoms with Gasteiger partial charge in [0, 0.05) is 17.6 Å². The number of oxazole rings is 1. The average molecular weight is 274 g/mol. The van der Waals surface area contributed by atoms with Crippen LogP contribution in [0.3, 0.4) is 0 Å². The molecule has 1 heterocycles. The topological polar surface area (TPSA) is 49.5 Å². The van der Waals surface area contributed by atoms with E-state index in [9.17, 15) is 5.11 Å². The van der Waals surface area contributed by atoms with Crippen LogP contribution in [-0.4, -0.2) is 34.2 Å². The van der Waals surface area contributed by atoms with Crippen molar-refractivity contribution in [2.75, 3.05) is 13.7 Å². The SMILES string of the molecule is Cc1ccc(-c2nc(CN(C)C(C)(C)CO)co2)cc1. The minimum absolute atomic E-state index is 0.103. The normalized spacial score (nSPS) is 12.1. The molecule has 0 atom stereocenters. The second-order valence-electron chi connectivity index (χ2n) is 5.84. The number of aliphatic hydroxyl groups excluding tert-OH is 1. The van der Waals surface area contributed by atoms with Crippen LogP contribution in [0.5, 0.6) is 0 Å². The van der Waals surface area contributed by atoms with Crippen LogP contribution < -0.4 is 0 Å². The maximum Gasteiger partial charge on any atom is 0.226 e. The lowest BCUT2D eigenvalue weighted by Gasteiger charge is -2.33. The third kappa shape index (κ3) is 3.26. The van der Waals surface area contributed by atoms with Crippen molar-refractivity contribution in [3.05, 3.63) is 41.8 Å². The fourth-order valence-corrected chi connectivity index (χ4v) is 1.79. The Labute approximate surface area is 120 Å². The van der Waals surface area contributed by atoms with Gasteiger partial charge in [-0.15, -0.1) is 0 Å². The molecule has 0 aliphatic carbocycles. The zero-order valence-electron chi connectivity index (χ0n) is 12.6. The molecule has 0 unspecified atom stereocenters. The number of likely N-dealkylation sites (N-methyl/N-ethyl adjacent to an activating group) is 1. The zero-order chi connectivity index (χ0) is 14.8. The third-order valence-corrected chi connectivity index (χ3v) is 3.67. The van der Waals surface area contributed by atoms with Crippen LogP contribution >= 0.6 is 0 Å². The monoisotopic (exact) mass is 274 g/mol. The Morgan fingerprint density at radius 2 is 1.90 bits per heavy atom. The predicted molar refractivity (Wildman–Crippen MR) is 79.3 cm³/mol. The largest absolute Gasteiger partial charge is 0.444 e. The maximum absolute atomic E-state index is 9.37. The number of aromatic nitrogens is 1. The Kier molecular flexibility index (Phi) is 4.26. The van der Waals surface area contributed by atoms with Crippen LogP contribution in [0.4, 0.5) is 0 Å². The molecule has 1 aromatic carbocycles. The first kappa shape index (κ1) is 14.8. The molecule has 2 rings (SSSR count). The lowest BCUT2D eigenvalue weighted by atomic mass is 10.1. The highest BCUT2D eigenvalue weighted by atomic mass is 16.3. The van der Waals surface area contributed by atoms with Gasteiger partial charge in [-0.2, -0.15) is 0 Å². The number of aryl methyl sites for hydroxylation is 1. The number of nitrogens with zero attached hydrogens (tertiary/aromatic N) is 2. The molecule has 4 heteroatoms. The van der Waals surface area contributed by atoms with E-state index in [1.807, 2.05) is 45.2 Å². The van der Waals surface area contributed by atoms with Gasteiger partial charge in [-0.25, -0.2) is 4.98 Å². The molecule has 1 aromatic heterocycles. The third-order valence-electron chi connectivity index (χ3n) is 3.67. The van der Waals surface area contributed by atoms with Crippen LogP contribution in [0.15, 0.2) is 34.9 Å². The molecule has 0 aliphatic heterocycles. The van der Waals surface area contributed by atoms with E-state index in [2.05, 4.69) is 16.8 Å². The summed E-state index contributed by atoms with van der Waals surface area (Å²) in [4.78, 5) is 6.57. The van der Waals surface area contributed by atoms with Crippen molar-refractivity contribution in [1.29, 1.82) is 0 Å². The Balaban J connectivity index is 2.11. The zero-order valence-corrected chi connectivity index (χ0v) is 12.6. The highest BCUT2D eigenvalue weighted by molar-refractivity contribution is 5.53. The van der Waals surface area contributed by atoms with Gasteiger partial charge in [0.1, 0.15) is 6.26 Å². The van der Waals surface area contributed by atoms with E-state index in [4.69, 9.17) is 4.42 Å². The lowest BCUT2D eigenvalue weighted by Crippen LogP contribution is -2.43. The van der Waals surface area contributed by atoms with Crippen molar-refractivity contribution in [2.24, 2.45) is 0 Å². The summed E-state index contributed by atoms with van der Waals surface area (Å²) in [5.41, 5.74) is 2.78. The van der Waals surface area contributed by atoms with Gasteiger partial charge in [0.2, 0.25) is 5.89 Å². The van der Waals surface area contributed by atoms with Gasteiger partial charge in [-0.3, -0.25) is 4.90 Å². The summed E-state index contributed by atoms with van der Waals surface area (Å²) < 4.78 is 5.54. The smallest absolute Gasteiger partial charge is 0.226 e. The minimum atomic E-state index is -0.275. The molecule has 0 radical (unpaired) electrons. The Morgan fingerprint density at radius 1 is 1.25 bits per heavy atom. The van der Waals surface area contributed by atoms with Crippen molar-refractivity contribution in [1.82, 2.24) is 9.88 Å². The molecule has 2 aromatic rings. The summed E-state index contributed by atoms with van der Waals surface area (Å²) in [5.74, 6) is 0.634. The maximum atomic E-state index is 9.37. The first-order chi connectivity index (χ1) is 9.42. The fraction of sp³-hybridized carbons (Fsp3) is 0.438. The summed E-state index contributed by atoms with van der Waals surface area (Å²) in [7, 11) is 1.97. The van der Waals surface area contributed by atoms with Crippen LogP contribution in [-0.2, 0) is 6.54 Å². The standard InChI is InChI=1S/C16H22N2O2/c1-12-5-7-13(8-6-12)15-17-14(10-20-15)9-18(4)16(2,3)11-19/h5-8,10,19H,9,11H2,1-4H3. The van der Waals surface area contributed by atoms with E-state index in [0.717, 1.165) is 11.3 Å². The highest BCUT2D eigenvalue weighted by Gasteiger charge is 2.23. The molecular weight excluding hydrogens is 252 g/mol. The molecule has 1 N–H and O–H groups in total. The van der Waals surface area contributed by atoms with Gasteiger partial charge in [0.25, 0.3) is 0 Å². The summed E-state index contributed by atoms with van der Waals surface area (Å²) >= 11 is 0. The van der Waals surface area contributed by atoms with E-state index in [0.29, 0.717) is 12.4 Å². The second-order valence-corrected chi connectivity index (χ2v) is 5.84. The van der Waals surface area contributed by atoms with E-state index >= 15 is 0 Å². The van der Waals surface area contributed by atoms with Gasteiger partial charge in [-0.05, 0) is 40.0 Å². The Hall–Kier alpha value is -1.65. The van der Waals surface area contributed by atoms with Crippen molar-refractivity contribution < 1.29 is 9.52 Å². The second kappa shape index (κ2) is 5.77. The molecule has 108 valence electrons. The first-order valence-electron chi connectivity index (χ1n) is 6.76. The number of hydrogen-bond donors (Lipinski definition) is 1. The number of aliphatic hydroxyl groups is 1. The average Bonchev–Trinajstić information content (AvgIpc) is 2.88. The Morgan fingerprint density at radius 3 is 2.50 bits per heavy atom. The molecule has 0 aliphatic rings. The highest BCUT2D eigenvalue weighted by Crippen LogP contribution is 2.21. The fourth-order valence-electron chi connectivity index (χ4n) is 1.79. The van der Waals surface area contributed by atoms with Crippen LogP contribution in [0.2, 0.25) is 0 Å². The summed E-state index contributed by atoms with van der Waals surface area (Å²) in [6.07, 6.45) is 1.68. The summed E-state index contributed by atoms with van der Waals surface area (Å²) in [5, 5.41) is 9.37. The van der Waals surface area contributed by atoms with Crippen molar-refractivity contribution in [3.8, 4) is 11.5 Å². The van der Waals surface area contributed by atoms with E-state index < -0.39 is 0 Å². The molecule has 0 spiro atoms. The quantitative estimate of drug-likeness (QED) is 0.911. The molecular formula is C16H22N2O2. The molecule has 0 saturated carbocycles. The molecule has 0 amide bonds. The van der Waals surface area contributed by atoms with Crippen molar-refractivity contribution in [3.63, 3.8) is 0 Å². The number of benzene rings is 1. The van der Waals surface area contributed by atoms with E-state index in [1.54, 1.807) is 6.26 Å². The van der Waals surface area contributed by atoms with Crippen molar-refractivity contribution >= 4 is 0 Å². The van der Waals surface area contributed by atoms with E-state index in [-0.39, 0.29) is 12.1 Å². The van der Waals surface area contributed by atoms with Crippen molar-refractivity contribution in [2.45, 2.75) is 32.9 Å². The predicted octanol–water partition coefficient (Wildman–Crippen LogP) is 2.85. The molecule has 20 heavy (non-hydrogen) atoms. The van der Waals surface area contributed by atoms with Gasteiger partial charge < -0.3 is 9.52 Å². The number of hydrogen-bond acceptors (Lipinski definition) is 4. The lowest BCUT2D eigenvalue weighted by molar-refractivity contribution is 0.0724. The van der Waals surface area contributed by atoms with Crippen LogP contribution in [0.25, 0.3) is 11.5 Å². The summed E-state index contributed by atoms with van der Waals surface area (Å²) in [6, 6.07) is 8.10. The van der Waals surface area contributed by atoms with Gasteiger partial charge in [0.05, 0.1) is 12.3 Å². The molecule has 0 bridgehead atoms. The molecule has 0 saturated heterocycles. The van der Waals surface area contributed by atoms with E-state index in [1.165, 1.54) is 5.56 Å². The van der Waals surface area contributed by atoms with Crippen LogP contribution in [0, 0.1) is 6.92 Å². The molecule has 4 nitrogen and oxygen atoms in total. The number of rotatable bonds is 5. The van der Waals surface area contributed by atoms with Gasteiger partial charge >= 0.3 is 0 Å². The minimum Gasteiger partial charge on any atom is -0.444 e. The molecule has 0 fully saturated rings. The Bertz CT molecular complexity index is 558. The first-order valence-corrected chi connectivity index (χ1v) is 6.76. The van der Waals surface area contributed by atoms with Gasteiger partial charge in [0.15, 0.2) is 0 Å². The van der Waals surface area contributed by atoms with Crippen LogP contribution in [0.1, 0.15) is 25.1 Å². The van der Waals surface area contributed by atoms with Gasteiger partial charge in [-0.1, -0.05) is 17.7 Å².